The van der Waals surface area contributed by atoms with Crippen molar-refractivity contribution < 1.29 is 0 Å². The summed E-state index contributed by atoms with van der Waals surface area (Å²) >= 11 is 0. The molecular weight excluding hydrogens is 412 g/mol. The number of nitrogens with zero attached hydrogens (tertiary/aromatic N) is 2. The van der Waals surface area contributed by atoms with Gasteiger partial charge in [-0.2, -0.15) is 0 Å². The second-order valence-electron chi connectivity index (χ2n) is 11.2. The number of rotatable bonds is 2. The Morgan fingerprint density at radius 3 is 2.06 bits per heavy atom. The molecule has 2 heteroatoms. The second-order valence-corrected chi connectivity index (χ2v) is 11.2. The molecule has 0 aliphatic rings. The molecule has 2 heterocycles. The van der Waals surface area contributed by atoms with E-state index in [9.17, 15) is 0 Å². The van der Waals surface area contributed by atoms with Crippen LogP contribution in [0.25, 0.3) is 44.2 Å². The second kappa shape index (κ2) is 8.06. The Bertz CT molecular complexity index is 1500. The summed E-state index contributed by atoms with van der Waals surface area (Å²) < 4.78 is 0. The number of fused-ring (bicyclic) bond motifs is 3. The molecule has 170 valence electrons. The normalized spacial score (nSPS) is 12.4. The molecule has 0 atom stereocenters. The van der Waals surface area contributed by atoms with Crippen LogP contribution < -0.4 is 0 Å². The lowest BCUT2D eigenvalue weighted by molar-refractivity contribution is 0.593. The number of hydrogen-bond acceptors (Lipinski definition) is 2. The number of pyridine rings is 2. The summed E-state index contributed by atoms with van der Waals surface area (Å²) in [5.74, 6) is 0. The molecule has 3 aromatic carbocycles. The lowest BCUT2D eigenvalue weighted by Gasteiger charge is -2.27. The van der Waals surface area contributed by atoms with Crippen LogP contribution in [-0.4, -0.2) is 9.97 Å². The lowest BCUT2D eigenvalue weighted by atomic mass is 9.78. The van der Waals surface area contributed by atoms with Gasteiger partial charge in [0, 0.05) is 22.5 Å². The van der Waals surface area contributed by atoms with Gasteiger partial charge in [-0.25, -0.2) is 4.98 Å². The van der Waals surface area contributed by atoms with E-state index in [4.69, 9.17) is 9.97 Å². The third-order valence-electron chi connectivity index (χ3n) is 6.53. The average Bonchev–Trinajstić information content (AvgIpc) is 2.82. The van der Waals surface area contributed by atoms with E-state index < -0.39 is 0 Å². The summed E-state index contributed by atoms with van der Waals surface area (Å²) in [7, 11) is 0. The minimum absolute atomic E-state index is 0.00920. The summed E-state index contributed by atoms with van der Waals surface area (Å²) in [5, 5.41) is 2.32. The van der Waals surface area contributed by atoms with Crippen molar-refractivity contribution >= 4 is 21.8 Å². The van der Waals surface area contributed by atoms with E-state index in [0.29, 0.717) is 0 Å². The first kappa shape index (κ1) is 22.3. The van der Waals surface area contributed by atoms with Gasteiger partial charge in [0.25, 0.3) is 0 Å². The van der Waals surface area contributed by atoms with Gasteiger partial charge in [0.05, 0.1) is 16.7 Å². The van der Waals surface area contributed by atoms with Crippen LogP contribution in [-0.2, 0) is 10.8 Å². The van der Waals surface area contributed by atoms with Gasteiger partial charge in [0.2, 0.25) is 0 Å². The molecule has 0 bridgehead atoms. The highest BCUT2D eigenvalue weighted by molar-refractivity contribution is 6.05. The van der Waals surface area contributed by atoms with Crippen molar-refractivity contribution in [3.8, 4) is 22.4 Å². The summed E-state index contributed by atoms with van der Waals surface area (Å²) in [6.45, 7) is 13.6. The number of aromatic nitrogens is 2. The van der Waals surface area contributed by atoms with Crippen LogP contribution in [0.15, 0.2) is 85.1 Å². The molecule has 0 fully saturated rings. The standard InChI is InChI=1S/C32H32N2/c1-31(2,3)26-20-22-14-11-19-33-29(22)30-24(26)17-18-27(34-30)25-16-10-15-23(28(25)32(4,5)6)21-12-8-7-9-13-21/h7-20H,1-6H3. The maximum absolute atomic E-state index is 5.29. The van der Waals surface area contributed by atoms with Crippen LogP contribution in [0, 0.1) is 0 Å². The molecule has 5 aromatic rings. The predicted molar refractivity (Wildman–Crippen MR) is 145 cm³/mol. The average molecular weight is 445 g/mol. The predicted octanol–water partition coefficient (Wildman–Crippen LogP) is 8.71. The SMILES string of the molecule is CC(C)(C)c1c(-c2ccccc2)cccc1-c1ccc2c(C(C)(C)C)cc3cccnc3c2n1. The first-order valence-electron chi connectivity index (χ1n) is 12.0. The van der Waals surface area contributed by atoms with Gasteiger partial charge in [-0.1, -0.05) is 102 Å². The maximum Gasteiger partial charge on any atom is 0.0975 e. The molecule has 0 saturated carbocycles. The van der Waals surface area contributed by atoms with Crippen LogP contribution >= 0.6 is 0 Å². The van der Waals surface area contributed by atoms with Crippen LogP contribution in [0.3, 0.4) is 0 Å². The van der Waals surface area contributed by atoms with Gasteiger partial charge in [-0.15, -0.1) is 0 Å². The van der Waals surface area contributed by atoms with Crippen molar-refractivity contribution in [2.75, 3.05) is 0 Å². The van der Waals surface area contributed by atoms with E-state index in [1.54, 1.807) is 0 Å². The molecule has 0 amide bonds. The van der Waals surface area contributed by atoms with Gasteiger partial charge >= 0.3 is 0 Å². The molecule has 0 spiro atoms. The summed E-state index contributed by atoms with van der Waals surface area (Å²) in [6, 6.07) is 28.1. The Hall–Kier alpha value is -3.52. The van der Waals surface area contributed by atoms with Crippen molar-refractivity contribution in [1.29, 1.82) is 0 Å². The first-order chi connectivity index (χ1) is 16.1. The Balaban J connectivity index is 1.84. The van der Waals surface area contributed by atoms with E-state index in [1.807, 2.05) is 12.3 Å². The van der Waals surface area contributed by atoms with Crippen LogP contribution in [0.5, 0.6) is 0 Å². The molecule has 0 saturated heterocycles. The van der Waals surface area contributed by atoms with E-state index in [2.05, 4.69) is 114 Å². The smallest absolute Gasteiger partial charge is 0.0975 e. The molecule has 0 radical (unpaired) electrons. The quantitative estimate of drug-likeness (QED) is 0.254. The molecule has 0 N–H and O–H groups in total. The van der Waals surface area contributed by atoms with Crippen molar-refractivity contribution in [2.24, 2.45) is 0 Å². The zero-order valence-corrected chi connectivity index (χ0v) is 21.0. The molecule has 5 rings (SSSR count). The highest BCUT2D eigenvalue weighted by Crippen LogP contribution is 2.41. The van der Waals surface area contributed by atoms with Crippen LogP contribution in [0.1, 0.15) is 52.7 Å². The van der Waals surface area contributed by atoms with Crippen LogP contribution in [0.2, 0.25) is 0 Å². The maximum atomic E-state index is 5.29. The van der Waals surface area contributed by atoms with E-state index >= 15 is 0 Å². The van der Waals surface area contributed by atoms with E-state index in [1.165, 1.54) is 33.2 Å². The van der Waals surface area contributed by atoms with Gasteiger partial charge in [0.15, 0.2) is 0 Å². The summed E-state index contributed by atoms with van der Waals surface area (Å²) in [6.07, 6.45) is 1.86. The topological polar surface area (TPSA) is 25.8 Å². The Morgan fingerprint density at radius 1 is 0.618 bits per heavy atom. The van der Waals surface area contributed by atoms with E-state index in [-0.39, 0.29) is 10.8 Å². The Labute approximate surface area is 202 Å². The lowest BCUT2D eigenvalue weighted by Crippen LogP contribution is -2.15. The third kappa shape index (κ3) is 3.88. The summed E-state index contributed by atoms with van der Waals surface area (Å²) in [4.78, 5) is 10.0. The minimum Gasteiger partial charge on any atom is -0.254 e. The van der Waals surface area contributed by atoms with Gasteiger partial charge in [-0.3, -0.25) is 4.98 Å². The van der Waals surface area contributed by atoms with Crippen molar-refractivity contribution in [1.82, 2.24) is 9.97 Å². The van der Waals surface area contributed by atoms with E-state index in [0.717, 1.165) is 22.1 Å². The van der Waals surface area contributed by atoms with Crippen molar-refractivity contribution in [2.45, 2.75) is 52.4 Å². The number of hydrogen-bond donors (Lipinski definition) is 0. The monoisotopic (exact) mass is 444 g/mol. The highest BCUT2D eigenvalue weighted by atomic mass is 14.8. The molecule has 2 nitrogen and oxygen atoms in total. The molecule has 2 aromatic heterocycles. The van der Waals surface area contributed by atoms with Gasteiger partial charge < -0.3 is 0 Å². The minimum atomic E-state index is -0.0496. The molecule has 0 unspecified atom stereocenters. The fourth-order valence-electron chi connectivity index (χ4n) is 5.02. The van der Waals surface area contributed by atoms with Crippen molar-refractivity contribution in [3.63, 3.8) is 0 Å². The van der Waals surface area contributed by atoms with Gasteiger partial charge in [-0.05, 0) is 51.3 Å². The molecule has 0 aliphatic heterocycles. The van der Waals surface area contributed by atoms with Gasteiger partial charge in [0.1, 0.15) is 0 Å². The number of benzene rings is 3. The zero-order chi connectivity index (χ0) is 24.1. The molecule has 34 heavy (non-hydrogen) atoms. The van der Waals surface area contributed by atoms with Crippen LogP contribution in [0.4, 0.5) is 0 Å². The summed E-state index contributed by atoms with van der Waals surface area (Å²) in [5.41, 5.74) is 9.19. The highest BCUT2D eigenvalue weighted by Gasteiger charge is 2.25. The van der Waals surface area contributed by atoms with Crippen molar-refractivity contribution in [3.05, 3.63) is 96.2 Å². The third-order valence-corrected chi connectivity index (χ3v) is 6.53. The fourth-order valence-corrected chi connectivity index (χ4v) is 5.02. The largest absolute Gasteiger partial charge is 0.254 e. The Kier molecular flexibility index (Phi) is 5.28. The Morgan fingerprint density at radius 2 is 1.35 bits per heavy atom. The zero-order valence-electron chi connectivity index (χ0n) is 21.0. The molecule has 0 aliphatic carbocycles. The fraction of sp³-hybridized carbons (Fsp3) is 0.250. The first-order valence-corrected chi connectivity index (χ1v) is 12.0. The molecular formula is C32H32N2.